The predicted molar refractivity (Wildman–Crippen MR) is 61.5 cm³/mol. The number of oxime groups is 1. The van der Waals surface area contributed by atoms with Crippen LogP contribution in [0.2, 0.25) is 0 Å². The van der Waals surface area contributed by atoms with Crippen molar-refractivity contribution < 1.29 is 23.9 Å². The van der Waals surface area contributed by atoms with Crippen LogP contribution in [0.1, 0.15) is 27.7 Å². The first kappa shape index (κ1) is 15.4. The van der Waals surface area contributed by atoms with Gasteiger partial charge >= 0.3 is 11.9 Å². The number of carbonyl (C=O) groups is 2. The Balaban J connectivity index is 4.72. The lowest BCUT2D eigenvalue weighted by Crippen LogP contribution is -2.37. The third-order valence-electron chi connectivity index (χ3n) is 2.29. The SMILES string of the molecule is CO/N=C(\C)C(C)(COC(C)=O)COC(C)=O. The van der Waals surface area contributed by atoms with Crippen LogP contribution in [0.25, 0.3) is 0 Å². The summed E-state index contributed by atoms with van der Waals surface area (Å²) in [5.74, 6) is -0.798. The number of carbonyl (C=O) groups excluding carboxylic acids is 2. The molecular formula is C11H19NO5. The topological polar surface area (TPSA) is 74.2 Å². The molecule has 6 heteroatoms. The minimum Gasteiger partial charge on any atom is -0.465 e. The van der Waals surface area contributed by atoms with Crippen LogP contribution in [0.4, 0.5) is 0 Å². The van der Waals surface area contributed by atoms with Crippen LogP contribution in [0.5, 0.6) is 0 Å². The van der Waals surface area contributed by atoms with Crippen molar-refractivity contribution in [1.82, 2.24) is 0 Å². The largest absolute Gasteiger partial charge is 0.465 e. The molecule has 0 unspecified atom stereocenters. The van der Waals surface area contributed by atoms with Crippen LogP contribution >= 0.6 is 0 Å². The average molecular weight is 245 g/mol. The number of ether oxygens (including phenoxy) is 2. The van der Waals surface area contributed by atoms with Crippen molar-refractivity contribution in [1.29, 1.82) is 0 Å². The van der Waals surface area contributed by atoms with Gasteiger partial charge in [0.1, 0.15) is 20.3 Å². The summed E-state index contributed by atoms with van der Waals surface area (Å²) in [6, 6.07) is 0. The number of esters is 2. The molecule has 6 nitrogen and oxygen atoms in total. The van der Waals surface area contributed by atoms with Gasteiger partial charge in [0, 0.05) is 13.8 Å². The first-order valence-electron chi connectivity index (χ1n) is 5.17. The highest BCUT2D eigenvalue weighted by molar-refractivity contribution is 5.88. The first-order chi connectivity index (χ1) is 7.81. The van der Waals surface area contributed by atoms with Crippen molar-refractivity contribution in [3.8, 4) is 0 Å². The monoisotopic (exact) mass is 245 g/mol. The molecule has 0 aromatic carbocycles. The molecule has 98 valence electrons. The zero-order chi connectivity index (χ0) is 13.5. The molecule has 0 amide bonds. The second kappa shape index (κ2) is 6.88. The van der Waals surface area contributed by atoms with E-state index in [9.17, 15) is 9.59 Å². The van der Waals surface area contributed by atoms with Crippen molar-refractivity contribution >= 4 is 17.7 Å². The smallest absolute Gasteiger partial charge is 0.302 e. The summed E-state index contributed by atoms with van der Waals surface area (Å²) in [6.07, 6.45) is 0. The fraction of sp³-hybridized carbons (Fsp3) is 0.727. The average Bonchev–Trinajstić information content (AvgIpc) is 2.24. The summed E-state index contributed by atoms with van der Waals surface area (Å²) in [7, 11) is 1.42. The quantitative estimate of drug-likeness (QED) is 0.398. The number of rotatable bonds is 6. The molecule has 0 radical (unpaired) electrons. The molecule has 0 atom stereocenters. The van der Waals surface area contributed by atoms with Crippen LogP contribution in [-0.2, 0) is 23.9 Å². The van der Waals surface area contributed by atoms with E-state index in [2.05, 4.69) is 9.99 Å². The fourth-order valence-electron chi connectivity index (χ4n) is 1.02. The highest BCUT2D eigenvalue weighted by Gasteiger charge is 2.32. The Bertz CT molecular complexity index is 293. The van der Waals surface area contributed by atoms with Gasteiger partial charge in [-0.3, -0.25) is 9.59 Å². The van der Waals surface area contributed by atoms with Crippen LogP contribution < -0.4 is 0 Å². The van der Waals surface area contributed by atoms with Gasteiger partial charge in [0.25, 0.3) is 0 Å². The molecule has 0 bridgehead atoms. The Morgan fingerprint density at radius 1 is 1.06 bits per heavy atom. The van der Waals surface area contributed by atoms with Crippen LogP contribution in [0.3, 0.4) is 0 Å². The molecule has 0 heterocycles. The van der Waals surface area contributed by atoms with Gasteiger partial charge in [-0.15, -0.1) is 0 Å². The zero-order valence-electron chi connectivity index (χ0n) is 10.9. The maximum Gasteiger partial charge on any atom is 0.302 e. The predicted octanol–water partition coefficient (Wildman–Crippen LogP) is 1.14. The van der Waals surface area contributed by atoms with Crippen molar-refractivity contribution in [2.45, 2.75) is 27.7 Å². The summed E-state index contributed by atoms with van der Waals surface area (Å²) < 4.78 is 9.88. The molecular weight excluding hydrogens is 226 g/mol. The Labute approximate surface area is 101 Å². The summed E-state index contributed by atoms with van der Waals surface area (Å²) in [5.41, 5.74) is -0.102. The molecule has 0 saturated heterocycles. The number of hydrogen-bond acceptors (Lipinski definition) is 6. The molecule has 0 aliphatic rings. The van der Waals surface area contributed by atoms with Gasteiger partial charge in [-0.05, 0) is 13.8 Å². The van der Waals surface area contributed by atoms with Crippen molar-refractivity contribution in [3.63, 3.8) is 0 Å². The number of nitrogens with zero attached hydrogens (tertiary/aromatic N) is 1. The zero-order valence-corrected chi connectivity index (χ0v) is 10.9. The summed E-state index contributed by atoms with van der Waals surface area (Å²) in [4.78, 5) is 26.3. The third kappa shape index (κ3) is 5.89. The lowest BCUT2D eigenvalue weighted by atomic mass is 9.87. The van der Waals surface area contributed by atoms with E-state index in [1.807, 2.05) is 0 Å². The van der Waals surface area contributed by atoms with E-state index in [1.54, 1.807) is 13.8 Å². The second-order valence-corrected chi connectivity index (χ2v) is 3.98. The van der Waals surface area contributed by atoms with Crippen LogP contribution in [0, 0.1) is 5.41 Å². The first-order valence-corrected chi connectivity index (χ1v) is 5.17. The van der Waals surface area contributed by atoms with Gasteiger partial charge in [-0.2, -0.15) is 0 Å². The molecule has 0 aliphatic heterocycles. The molecule has 0 saturated carbocycles. The Morgan fingerprint density at radius 2 is 1.47 bits per heavy atom. The Hall–Kier alpha value is -1.59. The maximum atomic E-state index is 10.8. The van der Waals surface area contributed by atoms with Crippen molar-refractivity contribution in [2.75, 3.05) is 20.3 Å². The van der Waals surface area contributed by atoms with E-state index in [0.29, 0.717) is 5.71 Å². The summed E-state index contributed by atoms with van der Waals surface area (Å²) in [6.45, 7) is 6.28. The van der Waals surface area contributed by atoms with Gasteiger partial charge in [0.2, 0.25) is 0 Å². The summed E-state index contributed by atoms with van der Waals surface area (Å²) >= 11 is 0. The molecule has 0 spiro atoms. The molecule has 0 aromatic rings. The molecule has 0 rings (SSSR count). The van der Waals surface area contributed by atoms with Crippen molar-refractivity contribution in [3.05, 3.63) is 0 Å². The molecule has 0 aliphatic carbocycles. The lowest BCUT2D eigenvalue weighted by molar-refractivity contribution is -0.147. The minimum atomic E-state index is -0.687. The van der Waals surface area contributed by atoms with E-state index in [1.165, 1.54) is 21.0 Å². The van der Waals surface area contributed by atoms with E-state index in [-0.39, 0.29) is 13.2 Å². The molecule has 0 N–H and O–H groups in total. The highest BCUT2D eigenvalue weighted by atomic mass is 16.6. The standard InChI is InChI=1S/C11H19NO5/c1-8(12-15-5)11(4,6-16-9(2)13)7-17-10(3)14/h6-7H2,1-5H3/b12-8+. The minimum absolute atomic E-state index is 0.0777. The maximum absolute atomic E-state index is 10.8. The van der Waals surface area contributed by atoms with Gasteiger partial charge in [0.15, 0.2) is 0 Å². The molecule has 17 heavy (non-hydrogen) atoms. The van der Waals surface area contributed by atoms with Crippen LogP contribution in [-0.4, -0.2) is 38.0 Å². The lowest BCUT2D eigenvalue weighted by Gasteiger charge is -2.27. The summed E-state index contributed by atoms with van der Waals surface area (Å²) in [5, 5.41) is 3.79. The Kier molecular flexibility index (Phi) is 6.23. The normalized spacial score (nSPS) is 11.9. The number of hydrogen-bond donors (Lipinski definition) is 0. The van der Waals surface area contributed by atoms with E-state index in [4.69, 9.17) is 9.47 Å². The Morgan fingerprint density at radius 3 is 1.76 bits per heavy atom. The van der Waals surface area contributed by atoms with E-state index >= 15 is 0 Å². The molecule has 0 aromatic heterocycles. The fourth-order valence-corrected chi connectivity index (χ4v) is 1.02. The third-order valence-corrected chi connectivity index (χ3v) is 2.29. The van der Waals surface area contributed by atoms with Crippen molar-refractivity contribution in [2.24, 2.45) is 10.6 Å². The van der Waals surface area contributed by atoms with Gasteiger partial charge in [-0.1, -0.05) is 5.16 Å². The molecule has 0 fully saturated rings. The van der Waals surface area contributed by atoms with Crippen LogP contribution in [0.15, 0.2) is 5.16 Å². The van der Waals surface area contributed by atoms with E-state index < -0.39 is 17.4 Å². The van der Waals surface area contributed by atoms with E-state index in [0.717, 1.165) is 0 Å². The van der Waals surface area contributed by atoms with Gasteiger partial charge < -0.3 is 14.3 Å². The van der Waals surface area contributed by atoms with Gasteiger partial charge in [0.05, 0.1) is 11.1 Å². The highest BCUT2D eigenvalue weighted by Crippen LogP contribution is 2.20. The second-order valence-electron chi connectivity index (χ2n) is 3.98. The van der Waals surface area contributed by atoms with Gasteiger partial charge in [-0.25, -0.2) is 0 Å².